The van der Waals surface area contributed by atoms with E-state index in [1.807, 2.05) is 6.07 Å². The first-order chi connectivity index (χ1) is 11.2. The number of hydrogen-bond donors (Lipinski definition) is 0. The number of fused-ring (bicyclic) bond motifs is 1. The largest absolute Gasteiger partial charge is 0.493 e. The van der Waals surface area contributed by atoms with Crippen molar-refractivity contribution in [3.8, 4) is 11.5 Å². The van der Waals surface area contributed by atoms with Gasteiger partial charge in [-0.05, 0) is 55.0 Å². The molecule has 0 fully saturated rings. The predicted octanol–water partition coefficient (Wildman–Crippen LogP) is 4.51. The molecule has 0 saturated heterocycles. The number of ether oxygens (including phenoxy) is 2. The molecule has 0 N–H and O–H groups in total. The first kappa shape index (κ1) is 18.5. The zero-order chi connectivity index (χ0) is 16.2. The van der Waals surface area contributed by atoms with Gasteiger partial charge in [0.25, 0.3) is 0 Å². The molecule has 130 valence electrons. The van der Waals surface area contributed by atoms with Crippen LogP contribution in [0, 0.1) is 0 Å². The molecule has 0 amide bonds. The molecule has 0 aliphatic carbocycles. The van der Waals surface area contributed by atoms with Crippen LogP contribution in [0.25, 0.3) is 0 Å². The van der Waals surface area contributed by atoms with Gasteiger partial charge in [0.2, 0.25) is 0 Å². The van der Waals surface area contributed by atoms with E-state index in [1.165, 1.54) is 29.7 Å². The number of rotatable bonds is 5. The minimum absolute atomic E-state index is 0. The molecular formula is C20H26ClNO2. The van der Waals surface area contributed by atoms with Gasteiger partial charge >= 0.3 is 0 Å². The zero-order valence-electron chi connectivity index (χ0n) is 14.6. The third-order valence-corrected chi connectivity index (χ3v) is 4.88. The SMILES string of the molecule is COc1ccc(CCC2CCc3ccccc3N2C)cc1OC.Cl. The Kier molecular flexibility index (Phi) is 6.38. The third kappa shape index (κ3) is 3.78. The van der Waals surface area contributed by atoms with Gasteiger partial charge in [-0.15, -0.1) is 12.4 Å². The normalized spacial score (nSPS) is 16.1. The Hall–Kier alpha value is -1.87. The summed E-state index contributed by atoms with van der Waals surface area (Å²) in [5.74, 6) is 1.60. The van der Waals surface area contributed by atoms with Crippen LogP contribution in [-0.4, -0.2) is 27.3 Å². The van der Waals surface area contributed by atoms with Crippen LogP contribution in [-0.2, 0) is 12.8 Å². The standard InChI is InChI=1S/C20H25NO2.ClH/c1-21-17(12-10-16-6-4-5-7-18(16)21)11-8-15-9-13-19(22-2)20(14-15)23-3;/h4-7,9,13-14,17H,8,10-12H2,1-3H3;1H. The van der Waals surface area contributed by atoms with Crippen LogP contribution in [0.1, 0.15) is 24.0 Å². The number of benzene rings is 2. The number of hydrogen-bond acceptors (Lipinski definition) is 3. The van der Waals surface area contributed by atoms with Crippen molar-refractivity contribution >= 4 is 18.1 Å². The molecule has 0 radical (unpaired) electrons. The van der Waals surface area contributed by atoms with Gasteiger partial charge < -0.3 is 14.4 Å². The van der Waals surface area contributed by atoms with Gasteiger partial charge in [-0.2, -0.15) is 0 Å². The summed E-state index contributed by atoms with van der Waals surface area (Å²) in [6, 6.07) is 15.6. The number of anilines is 1. The second kappa shape index (κ2) is 8.29. The second-order valence-corrected chi connectivity index (χ2v) is 6.16. The summed E-state index contributed by atoms with van der Waals surface area (Å²) < 4.78 is 10.7. The summed E-state index contributed by atoms with van der Waals surface area (Å²) in [6.45, 7) is 0. The lowest BCUT2D eigenvalue weighted by Gasteiger charge is -2.36. The van der Waals surface area contributed by atoms with E-state index in [4.69, 9.17) is 9.47 Å². The Morgan fingerprint density at radius 2 is 1.79 bits per heavy atom. The molecular weight excluding hydrogens is 322 g/mol. The van der Waals surface area contributed by atoms with E-state index in [0.717, 1.165) is 24.3 Å². The highest BCUT2D eigenvalue weighted by molar-refractivity contribution is 5.85. The van der Waals surface area contributed by atoms with Crippen LogP contribution in [0.15, 0.2) is 42.5 Å². The molecule has 0 aromatic heterocycles. The van der Waals surface area contributed by atoms with E-state index in [9.17, 15) is 0 Å². The van der Waals surface area contributed by atoms with Gasteiger partial charge in [0.15, 0.2) is 11.5 Å². The first-order valence-corrected chi connectivity index (χ1v) is 8.24. The number of para-hydroxylation sites is 1. The van der Waals surface area contributed by atoms with E-state index < -0.39 is 0 Å². The lowest BCUT2D eigenvalue weighted by Crippen LogP contribution is -2.36. The highest BCUT2D eigenvalue weighted by Gasteiger charge is 2.22. The predicted molar refractivity (Wildman–Crippen MR) is 102 cm³/mol. The average molecular weight is 348 g/mol. The van der Waals surface area contributed by atoms with Crippen molar-refractivity contribution in [3.05, 3.63) is 53.6 Å². The van der Waals surface area contributed by atoms with Crippen LogP contribution in [0.4, 0.5) is 5.69 Å². The summed E-state index contributed by atoms with van der Waals surface area (Å²) in [7, 11) is 5.58. The molecule has 2 aromatic rings. The van der Waals surface area contributed by atoms with Crippen molar-refractivity contribution < 1.29 is 9.47 Å². The summed E-state index contributed by atoms with van der Waals surface area (Å²) in [5.41, 5.74) is 4.16. The van der Waals surface area contributed by atoms with E-state index in [2.05, 4.69) is 48.3 Å². The summed E-state index contributed by atoms with van der Waals surface area (Å²) >= 11 is 0. The zero-order valence-corrected chi connectivity index (χ0v) is 15.4. The fraction of sp³-hybridized carbons (Fsp3) is 0.400. The van der Waals surface area contributed by atoms with Crippen LogP contribution in [0.2, 0.25) is 0 Å². The van der Waals surface area contributed by atoms with Crippen molar-refractivity contribution in [1.82, 2.24) is 0 Å². The monoisotopic (exact) mass is 347 g/mol. The van der Waals surface area contributed by atoms with Gasteiger partial charge in [0, 0.05) is 18.8 Å². The molecule has 1 unspecified atom stereocenters. The van der Waals surface area contributed by atoms with Crippen molar-refractivity contribution in [2.75, 3.05) is 26.2 Å². The molecule has 1 atom stereocenters. The quantitative estimate of drug-likeness (QED) is 0.794. The third-order valence-electron chi connectivity index (χ3n) is 4.88. The minimum atomic E-state index is 0. The number of methoxy groups -OCH3 is 2. The highest BCUT2D eigenvalue weighted by Crippen LogP contribution is 2.32. The van der Waals surface area contributed by atoms with Gasteiger partial charge in [-0.1, -0.05) is 24.3 Å². The molecule has 2 aromatic carbocycles. The maximum absolute atomic E-state index is 5.40. The van der Waals surface area contributed by atoms with E-state index in [-0.39, 0.29) is 12.4 Å². The molecule has 0 saturated carbocycles. The van der Waals surface area contributed by atoms with Crippen LogP contribution in [0.5, 0.6) is 11.5 Å². The summed E-state index contributed by atoms with van der Waals surface area (Å²) in [5, 5.41) is 0. The smallest absolute Gasteiger partial charge is 0.160 e. The molecule has 1 aliphatic heterocycles. The van der Waals surface area contributed by atoms with Gasteiger partial charge in [-0.3, -0.25) is 0 Å². The van der Waals surface area contributed by atoms with Crippen molar-refractivity contribution in [3.63, 3.8) is 0 Å². The fourth-order valence-corrected chi connectivity index (χ4v) is 3.49. The van der Waals surface area contributed by atoms with Crippen molar-refractivity contribution in [1.29, 1.82) is 0 Å². The maximum Gasteiger partial charge on any atom is 0.160 e. The number of halogens is 1. The Bertz CT molecular complexity index is 674. The van der Waals surface area contributed by atoms with Crippen LogP contribution >= 0.6 is 12.4 Å². The lowest BCUT2D eigenvalue weighted by molar-refractivity contribution is 0.354. The Balaban J connectivity index is 0.00000208. The van der Waals surface area contributed by atoms with E-state index in [0.29, 0.717) is 6.04 Å². The summed E-state index contributed by atoms with van der Waals surface area (Å²) in [4.78, 5) is 2.44. The van der Waals surface area contributed by atoms with Crippen LogP contribution < -0.4 is 14.4 Å². The Morgan fingerprint density at radius 1 is 1.04 bits per heavy atom. The molecule has 0 bridgehead atoms. The number of aryl methyl sites for hydroxylation is 2. The molecule has 1 heterocycles. The highest BCUT2D eigenvalue weighted by atomic mass is 35.5. The van der Waals surface area contributed by atoms with Gasteiger partial charge in [0.05, 0.1) is 14.2 Å². The molecule has 4 heteroatoms. The van der Waals surface area contributed by atoms with E-state index in [1.54, 1.807) is 14.2 Å². The van der Waals surface area contributed by atoms with Gasteiger partial charge in [-0.25, -0.2) is 0 Å². The summed E-state index contributed by atoms with van der Waals surface area (Å²) in [6.07, 6.45) is 4.61. The lowest BCUT2D eigenvalue weighted by atomic mass is 9.92. The minimum Gasteiger partial charge on any atom is -0.493 e. The molecule has 0 spiro atoms. The maximum atomic E-state index is 5.40. The number of nitrogens with zero attached hydrogens (tertiary/aromatic N) is 1. The molecule has 3 nitrogen and oxygen atoms in total. The molecule has 24 heavy (non-hydrogen) atoms. The fourth-order valence-electron chi connectivity index (χ4n) is 3.49. The van der Waals surface area contributed by atoms with Crippen molar-refractivity contribution in [2.45, 2.75) is 31.7 Å². The molecule has 1 aliphatic rings. The topological polar surface area (TPSA) is 21.7 Å². The average Bonchev–Trinajstić information content (AvgIpc) is 2.61. The van der Waals surface area contributed by atoms with Crippen LogP contribution in [0.3, 0.4) is 0 Å². The Morgan fingerprint density at radius 3 is 2.54 bits per heavy atom. The first-order valence-electron chi connectivity index (χ1n) is 8.24. The van der Waals surface area contributed by atoms with E-state index >= 15 is 0 Å². The second-order valence-electron chi connectivity index (χ2n) is 6.16. The molecule has 3 rings (SSSR count). The van der Waals surface area contributed by atoms with Gasteiger partial charge in [0.1, 0.15) is 0 Å². The Labute approximate surface area is 151 Å². The van der Waals surface area contributed by atoms with Crippen molar-refractivity contribution in [2.24, 2.45) is 0 Å².